The van der Waals surface area contributed by atoms with E-state index < -0.39 is 5.79 Å². The summed E-state index contributed by atoms with van der Waals surface area (Å²) in [6.45, 7) is 0. The van der Waals surface area contributed by atoms with Gasteiger partial charge in [-0.2, -0.15) is 0 Å². The van der Waals surface area contributed by atoms with E-state index in [2.05, 4.69) is 137 Å². The lowest BCUT2D eigenvalue weighted by molar-refractivity contribution is -0.0788. The highest BCUT2D eigenvalue weighted by Gasteiger charge is 2.47. The van der Waals surface area contributed by atoms with Gasteiger partial charge in [-0.3, -0.25) is 0 Å². The van der Waals surface area contributed by atoms with Crippen LogP contribution in [-0.2, 0) is 12.8 Å². The van der Waals surface area contributed by atoms with Crippen LogP contribution in [0.1, 0.15) is 29.0 Å². The topological polar surface area (TPSA) is 26.6 Å². The van der Waals surface area contributed by atoms with Crippen LogP contribution < -0.4 is 14.4 Å². The minimum atomic E-state index is -0.707. The van der Waals surface area contributed by atoms with Crippen LogP contribution in [0.4, 0.5) is 11.4 Å². The summed E-state index contributed by atoms with van der Waals surface area (Å²) in [6, 6.07) is 39.3. The highest BCUT2D eigenvalue weighted by atomic mass is 16.7. The number of benzene rings is 5. The van der Waals surface area contributed by atoms with Crippen molar-refractivity contribution >= 4 is 33.2 Å². The van der Waals surface area contributed by atoms with Crippen molar-refractivity contribution in [2.75, 3.05) is 4.90 Å². The summed E-state index contributed by atoms with van der Waals surface area (Å²) in [5, 5.41) is 2.52. The maximum absolute atomic E-state index is 6.74. The molecule has 0 fully saturated rings. The van der Waals surface area contributed by atoms with Gasteiger partial charge < -0.3 is 18.9 Å². The van der Waals surface area contributed by atoms with E-state index >= 15 is 0 Å². The molecular weight excluding hydrogens is 528 g/mol. The number of ether oxygens (including phenoxy) is 2. The molecule has 2 unspecified atom stereocenters. The Morgan fingerprint density at radius 2 is 1.28 bits per heavy atom. The SMILES string of the molecule is C1=CCC2C(=C1)N(c1ccc3c(c1)OC1(C3)Cc3ccc(-n4c5ccccc5c5ccccc54)cc3O1)c1ccccc12. The Hall–Kier alpha value is -5.22. The van der Waals surface area contributed by atoms with Crippen molar-refractivity contribution in [3.8, 4) is 17.2 Å². The first-order valence-corrected chi connectivity index (χ1v) is 15.1. The van der Waals surface area contributed by atoms with E-state index in [1.54, 1.807) is 0 Å². The van der Waals surface area contributed by atoms with E-state index in [9.17, 15) is 0 Å². The van der Waals surface area contributed by atoms with Gasteiger partial charge in [-0.05, 0) is 48.4 Å². The van der Waals surface area contributed by atoms with Gasteiger partial charge in [0.2, 0.25) is 0 Å². The largest absolute Gasteiger partial charge is 0.451 e. The van der Waals surface area contributed by atoms with Crippen molar-refractivity contribution in [1.82, 2.24) is 4.57 Å². The fraction of sp³-hybridized carbons (Fsp3) is 0.128. The van der Waals surface area contributed by atoms with Gasteiger partial charge in [0.15, 0.2) is 0 Å². The fourth-order valence-corrected chi connectivity index (χ4v) is 7.80. The number of aromatic nitrogens is 1. The van der Waals surface area contributed by atoms with Crippen LogP contribution >= 0.6 is 0 Å². The van der Waals surface area contributed by atoms with Crippen molar-refractivity contribution in [3.05, 3.63) is 150 Å². The molecule has 0 N–H and O–H groups in total. The fourth-order valence-electron chi connectivity index (χ4n) is 7.80. The highest BCUT2D eigenvalue weighted by Crippen LogP contribution is 2.52. The minimum absolute atomic E-state index is 0.401. The number of hydrogen-bond donors (Lipinski definition) is 0. The Labute approximate surface area is 249 Å². The second kappa shape index (κ2) is 8.42. The van der Waals surface area contributed by atoms with Gasteiger partial charge in [0.05, 0.1) is 23.9 Å². The normalized spacial score (nSPS) is 21.0. The zero-order valence-electron chi connectivity index (χ0n) is 23.5. The van der Waals surface area contributed by atoms with Crippen molar-refractivity contribution < 1.29 is 9.47 Å². The van der Waals surface area contributed by atoms with Crippen molar-refractivity contribution in [1.29, 1.82) is 0 Å². The van der Waals surface area contributed by atoms with Gasteiger partial charge in [-0.15, -0.1) is 0 Å². The molecule has 5 aromatic carbocycles. The lowest BCUT2D eigenvalue weighted by Gasteiger charge is -2.25. The van der Waals surface area contributed by atoms with Crippen molar-refractivity contribution in [2.45, 2.75) is 31.0 Å². The molecule has 6 aromatic rings. The second-order valence-electron chi connectivity index (χ2n) is 12.1. The quantitative estimate of drug-likeness (QED) is 0.213. The average Bonchev–Trinajstić information content (AvgIpc) is 3.78. The van der Waals surface area contributed by atoms with Gasteiger partial charge in [0.25, 0.3) is 5.79 Å². The number of anilines is 2. The zero-order chi connectivity index (χ0) is 28.1. The Bertz CT molecular complexity index is 2150. The van der Waals surface area contributed by atoms with Gasteiger partial charge >= 0.3 is 0 Å². The average molecular weight is 557 g/mol. The molecule has 0 bridgehead atoms. The first-order valence-electron chi connectivity index (χ1n) is 15.1. The molecule has 4 heterocycles. The minimum Gasteiger partial charge on any atom is -0.451 e. The van der Waals surface area contributed by atoms with Gasteiger partial charge in [-0.25, -0.2) is 0 Å². The Morgan fingerprint density at radius 1 is 0.651 bits per heavy atom. The van der Waals surface area contributed by atoms with Gasteiger partial charge in [-0.1, -0.05) is 78.9 Å². The molecule has 206 valence electrons. The van der Waals surface area contributed by atoms with E-state index in [4.69, 9.17) is 9.47 Å². The molecule has 0 radical (unpaired) electrons. The lowest BCUT2D eigenvalue weighted by Crippen LogP contribution is -2.39. The number of rotatable bonds is 2. The third kappa shape index (κ3) is 3.26. The summed E-state index contributed by atoms with van der Waals surface area (Å²) in [5.41, 5.74) is 11.0. The first kappa shape index (κ1) is 23.4. The molecule has 10 rings (SSSR count). The van der Waals surface area contributed by atoms with Crippen LogP contribution in [0.25, 0.3) is 27.5 Å². The molecule has 0 saturated heterocycles. The first-order chi connectivity index (χ1) is 21.2. The predicted octanol–water partition coefficient (Wildman–Crippen LogP) is 9.13. The van der Waals surface area contributed by atoms with E-state index in [0.29, 0.717) is 5.92 Å². The van der Waals surface area contributed by atoms with E-state index in [1.165, 1.54) is 49.9 Å². The van der Waals surface area contributed by atoms with E-state index in [1.807, 2.05) is 0 Å². The molecule has 4 nitrogen and oxygen atoms in total. The smallest absolute Gasteiger partial charge is 0.259 e. The third-order valence-electron chi connectivity index (χ3n) is 9.65. The Morgan fingerprint density at radius 3 is 2.02 bits per heavy atom. The summed E-state index contributed by atoms with van der Waals surface area (Å²) in [4.78, 5) is 2.40. The molecule has 4 aliphatic rings. The third-order valence-corrected chi connectivity index (χ3v) is 9.65. The summed E-state index contributed by atoms with van der Waals surface area (Å²) in [6.07, 6.45) is 9.20. The highest BCUT2D eigenvalue weighted by molar-refractivity contribution is 6.09. The number of hydrogen-bond acceptors (Lipinski definition) is 3. The van der Waals surface area contributed by atoms with Gasteiger partial charge in [0.1, 0.15) is 11.5 Å². The maximum Gasteiger partial charge on any atom is 0.259 e. The second-order valence-corrected chi connectivity index (χ2v) is 12.1. The predicted molar refractivity (Wildman–Crippen MR) is 172 cm³/mol. The summed E-state index contributed by atoms with van der Waals surface area (Å²) in [7, 11) is 0. The number of fused-ring (bicyclic) bond motifs is 8. The molecule has 43 heavy (non-hydrogen) atoms. The summed E-state index contributed by atoms with van der Waals surface area (Å²) in [5.74, 6) is 1.52. The number of allylic oxidation sites excluding steroid dienone is 4. The van der Waals surface area contributed by atoms with Crippen LogP contribution in [0.15, 0.2) is 133 Å². The molecule has 2 atom stereocenters. The van der Waals surface area contributed by atoms with Crippen LogP contribution in [0.3, 0.4) is 0 Å². The van der Waals surface area contributed by atoms with Crippen molar-refractivity contribution in [3.63, 3.8) is 0 Å². The molecule has 0 amide bonds. The molecule has 0 saturated carbocycles. The molecule has 3 aliphatic heterocycles. The van der Waals surface area contributed by atoms with Crippen LogP contribution in [0.2, 0.25) is 0 Å². The number of para-hydroxylation sites is 3. The zero-order valence-corrected chi connectivity index (χ0v) is 23.5. The van der Waals surface area contributed by atoms with Crippen LogP contribution in [0.5, 0.6) is 11.5 Å². The van der Waals surface area contributed by atoms with Crippen molar-refractivity contribution in [2.24, 2.45) is 0 Å². The molecule has 1 spiro atoms. The Balaban J connectivity index is 0.996. The van der Waals surface area contributed by atoms with E-state index in [0.717, 1.165) is 42.1 Å². The van der Waals surface area contributed by atoms with E-state index in [-0.39, 0.29) is 0 Å². The molecule has 4 heteroatoms. The molecule has 1 aliphatic carbocycles. The van der Waals surface area contributed by atoms with Gasteiger partial charge in [0, 0.05) is 62.7 Å². The number of nitrogens with zero attached hydrogens (tertiary/aromatic N) is 2. The van der Waals surface area contributed by atoms with Crippen LogP contribution in [0, 0.1) is 0 Å². The molecule has 1 aromatic heterocycles. The summed E-state index contributed by atoms with van der Waals surface area (Å²) < 4.78 is 15.8. The van der Waals surface area contributed by atoms with Crippen LogP contribution in [-0.4, -0.2) is 10.4 Å². The monoisotopic (exact) mass is 556 g/mol. The molecular formula is C39H28N2O2. The lowest BCUT2D eigenvalue weighted by atomic mass is 9.92. The Kier molecular flexibility index (Phi) is 4.57. The standard InChI is InChI=1S/C39H28N2O2/c1-5-13-33-29(9-1)30-10-2-6-14-34(30)40(33)27-19-17-25-23-39(42-37(25)21-27)24-26-18-20-28(22-38(26)43-39)41-35-15-7-3-11-31(35)32-12-4-8-16-36(32)41/h1-11,13-22,32H,12,23-24H2. The maximum atomic E-state index is 6.74. The summed E-state index contributed by atoms with van der Waals surface area (Å²) >= 11 is 0.